The van der Waals surface area contributed by atoms with Gasteiger partial charge in [-0.05, 0) is 42.0 Å². The van der Waals surface area contributed by atoms with Crippen LogP contribution in [0.2, 0.25) is 0 Å². The molecule has 0 saturated heterocycles. The van der Waals surface area contributed by atoms with Crippen LogP contribution in [0.3, 0.4) is 0 Å². The summed E-state index contributed by atoms with van der Waals surface area (Å²) in [5.41, 5.74) is 3.35. The molecule has 0 spiro atoms. The molecule has 1 N–H and O–H groups in total. The van der Waals surface area contributed by atoms with Crippen molar-refractivity contribution in [3.63, 3.8) is 0 Å². The van der Waals surface area contributed by atoms with Gasteiger partial charge in [-0.3, -0.25) is 4.79 Å². The number of aromatic nitrogens is 3. The third kappa shape index (κ3) is 4.78. The predicted molar refractivity (Wildman–Crippen MR) is 123 cm³/mol. The fraction of sp³-hybridized carbons (Fsp3) is 0.125. The van der Waals surface area contributed by atoms with Crippen LogP contribution in [0.1, 0.15) is 15.9 Å². The number of thioether (sulfide) groups is 1. The molecule has 31 heavy (non-hydrogen) atoms. The first-order valence-electron chi connectivity index (χ1n) is 9.76. The fourth-order valence-corrected chi connectivity index (χ4v) is 4.01. The van der Waals surface area contributed by atoms with Crippen molar-refractivity contribution in [2.45, 2.75) is 10.9 Å². The maximum Gasteiger partial charge on any atom is 0.259 e. The molecule has 0 fully saturated rings. The number of ether oxygens (including phenoxy) is 1. The van der Waals surface area contributed by atoms with Crippen LogP contribution < -0.4 is 10.1 Å². The van der Waals surface area contributed by atoms with Crippen molar-refractivity contribution in [1.29, 1.82) is 0 Å². The molecule has 1 amide bonds. The number of nitrogens with one attached hydrogen (secondary N) is 1. The van der Waals surface area contributed by atoms with Gasteiger partial charge in [0, 0.05) is 24.1 Å². The Hall–Kier alpha value is -3.58. The monoisotopic (exact) mass is 430 g/mol. The molecule has 3 aromatic carbocycles. The van der Waals surface area contributed by atoms with Gasteiger partial charge in [0.1, 0.15) is 5.75 Å². The average Bonchev–Trinajstić information content (AvgIpc) is 3.19. The van der Waals surface area contributed by atoms with Crippen molar-refractivity contribution < 1.29 is 9.53 Å². The molecular formula is C24H22N4O2S. The van der Waals surface area contributed by atoms with E-state index >= 15 is 0 Å². The number of rotatable bonds is 7. The Labute approximate surface area is 185 Å². The van der Waals surface area contributed by atoms with E-state index in [2.05, 4.69) is 27.6 Å². The second-order valence-electron chi connectivity index (χ2n) is 6.87. The summed E-state index contributed by atoms with van der Waals surface area (Å²) >= 11 is 1.65. The molecule has 0 aliphatic heterocycles. The fourth-order valence-electron chi connectivity index (χ4n) is 3.15. The number of methoxy groups -OCH3 is 1. The Morgan fingerprint density at radius 2 is 1.68 bits per heavy atom. The summed E-state index contributed by atoms with van der Waals surface area (Å²) in [5.74, 6) is 1.93. The van der Waals surface area contributed by atoms with Gasteiger partial charge in [-0.1, -0.05) is 54.2 Å². The van der Waals surface area contributed by atoms with Crippen LogP contribution in [0.25, 0.3) is 11.4 Å². The van der Waals surface area contributed by atoms with Crippen molar-refractivity contribution >= 4 is 23.4 Å². The second-order valence-corrected chi connectivity index (χ2v) is 7.81. The maximum absolute atomic E-state index is 12.6. The first kappa shape index (κ1) is 20.7. The van der Waals surface area contributed by atoms with Crippen molar-refractivity contribution in [3.8, 4) is 17.1 Å². The van der Waals surface area contributed by atoms with E-state index in [0.29, 0.717) is 17.0 Å². The van der Waals surface area contributed by atoms with Gasteiger partial charge in [0.2, 0.25) is 0 Å². The second kappa shape index (κ2) is 9.49. The van der Waals surface area contributed by atoms with Gasteiger partial charge in [-0.25, -0.2) is 0 Å². The average molecular weight is 431 g/mol. The van der Waals surface area contributed by atoms with Crippen LogP contribution >= 0.6 is 11.8 Å². The Kier molecular flexibility index (Phi) is 6.33. The highest BCUT2D eigenvalue weighted by molar-refractivity contribution is 7.98. The zero-order valence-corrected chi connectivity index (χ0v) is 18.1. The lowest BCUT2D eigenvalue weighted by Gasteiger charge is -2.10. The summed E-state index contributed by atoms with van der Waals surface area (Å²) in [7, 11) is 3.51. The van der Waals surface area contributed by atoms with Gasteiger partial charge >= 0.3 is 0 Å². The molecule has 6 nitrogen and oxygen atoms in total. The van der Waals surface area contributed by atoms with Crippen LogP contribution in [0.5, 0.6) is 5.75 Å². The maximum atomic E-state index is 12.6. The summed E-state index contributed by atoms with van der Waals surface area (Å²) in [6.45, 7) is 0. The number of hydrogen-bond donors (Lipinski definition) is 1. The van der Waals surface area contributed by atoms with Crippen LogP contribution in [0.4, 0.5) is 5.69 Å². The zero-order valence-electron chi connectivity index (χ0n) is 17.3. The molecule has 4 rings (SSSR count). The van der Waals surface area contributed by atoms with Crippen molar-refractivity contribution in [3.05, 3.63) is 90.0 Å². The number of carbonyl (C=O) groups is 1. The number of nitrogens with zero attached hydrogens (tertiary/aromatic N) is 3. The summed E-state index contributed by atoms with van der Waals surface area (Å²) < 4.78 is 7.25. The normalized spacial score (nSPS) is 10.6. The zero-order chi connectivity index (χ0) is 21.6. The Morgan fingerprint density at radius 3 is 2.42 bits per heavy atom. The van der Waals surface area contributed by atoms with Gasteiger partial charge in [0.15, 0.2) is 11.0 Å². The topological polar surface area (TPSA) is 69.0 Å². The van der Waals surface area contributed by atoms with E-state index in [1.54, 1.807) is 31.0 Å². The van der Waals surface area contributed by atoms with Gasteiger partial charge in [0.05, 0.1) is 12.7 Å². The molecule has 0 saturated carbocycles. The SMILES string of the molecule is COc1ccccc1C(=O)Nc1ccc(-c2nnc(SCc3ccccc3)n2C)cc1. The molecule has 0 bridgehead atoms. The number of para-hydroxylation sites is 1. The molecule has 0 aliphatic carbocycles. The molecule has 1 aromatic heterocycles. The summed E-state index contributed by atoms with van der Waals surface area (Å²) in [5, 5.41) is 12.4. The Bertz CT molecular complexity index is 1170. The quantitative estimate of drug-likeness (QED) is 0.416. The molecule has 0 radical (unpaired) electrons. The highest BCUT2D eigenvalue weighted by atomic mass is 32.2. The molecule has 0 aliphatic rings. The molecule has 0 unspecified atom stereocenters. The Morgan fingerprint density at radius 1 is 0.968 bits per heavy atom. The number of carbonyl (C=O) groups excluding carboxylic acids is 1. The first-order chi connectivity index (χ1) is 15.2. The summed E-state index contributed by atoms with van der Waals surface area (Å²) in [6.07, 6.45) is 0. The van der Waals surface area contributed by atoms with E-state index < -0.39 is 0 Å². The van der Waals surface area contributed by atoms with Crippen LogP contribution in [-0.4, -0.2) is 27.8 Å². The summed E-state index contributed by atoms with van der Waals surface area (Å²) in [4.78, 5) is 12.6. The van der Waals surface area contributed by atoms with E-state index in [0.717, 1.165) is 22.3 Å². The first-order valence-corrected chi connectivity index (χ1v) is 10.7. The Balaban J connectivity index is 1.45. The van der Waals surface area contributed by atoms with Crippen LogP contribution in [-0.2, 0) is 12.8 Å². The van der Waals surface area contributed by atoms with Gasteiger partial charge in [-0.2, -0.15) is 0 Å². The molecule has 0 atom stereocenters. The van der Waals surface area contributed by atoms with E-state index in [-0.39, 0.29) is 5.91 Å². The molecule has 156 valence electrons. The molecular weight excluding hydrogens is 408 g/mol. The number of anilines is 1. The number of hydrogen-bond acceptors (Lipinski definition) is 5. The minimum absolute atomic E-state index is 0.219. The molecule has 7 heteroatoms. The number of amides is 1. The number of benzene rings is 3. The third-order valence-corrected chi connectivity index (χ3v) is 5.89. The van der Waals surface area contributed by atoms with Crippen molar-refractivity contribution in [2.75, 3.05) is 12.4 Å². The van der Waals surface area contributed by atoms with E-state index in [1.165, 1.54) is 5.56 Å². The van der Waals surface area contributed by atoms with Gasteiger partial charge in [-0.15, -0.1) is 10.2 Å². The minimum atomic E-state index is -0.219. The van der Waals surface area contributed by atoms with Crippen molar-refractivity contribution in [2.24, 2.45) is 7.05 Å². The van der Waals surface area contributed by atoms with Gasteiger partial charge in [0.25, 0.3) is 5.91 Å². The standard InChI is InChI=1S/C24H22N4O2S/c1-28-22(26-27-24(28)31-16-17-8-4-3-5-9-17)18-12-14-19(15-13-18)25-23(29)20-10-6-7-11-21(20)30-2/h3-15H,16H2,1-2H3,(H,25,29). The molecule has 4 aromatic rings. The lowest BCUT2D eigenvalue weighted by molar-refractivity contribution is 0.102. The van der Waals surface area contributed by atoms with E-state index in [4.69, 9.17) is 4.74 Å². The third-order valence-electron chi connectivity index (χ3n) is 4.80. The minimum Gasteiger partial charge on any atom is -0.496 e. The summed E-state index contributed by atoms with van der Waals surface area (Å²) in [6, 6.07) is 25.0. The van der Waals surface area contributed by atoms with E-state index in [1.807, 2.05) is 66.2 Å². The lowest BCUT2D eigenvalue weighted by Crippen LogP contribution is -2.13. The smallest absolute Gasteiger partial charge is 0.259 e. The predicted octanol–water partition coefficient (Wildman–Crippen LogP) is 5.04. The highest BCUT2D eigenvalue weighted by Gasteiger charge is 2.14. The van der Waals surface area contributed by atoms with Gasteiger partial charge < -0.3 is 14.6 Å². The lowest BCUT2D eigenvalue weighted by atomic mass is 10.1. The van der Waals surface area contributed by atoms with Crippen molar-refractivity contribution in [1.82, 2.24) is 14.8 Å². The molecule has 1 heterocycles. The van der Waals surface area contributed by atoms with Crippen LogP contribution in [0.15, 0.2) is 84.0 Å². The highest BCUT2D eigenvalue weighted by Crippen LogP contribution is 2.26. The largest absolute Gasteiger partial charge is 0.496 e. The van der Waals surface area contributed by atoms with E-state index in [9.17, 15) is 4.79 Å². The van der Waals surface area contributed by atoms with Crippen LogP contribution in [0, 0.1) is 0 Å².